The molecule has 2 aromatic heterocycles. The van der Waals surface area contributed by atoms with Gasteiger partial charge >= 0.3 is 0 Å². The van der Waals surface area contributed by atoms with Gasteiger partial charge in [-0.3, -0.25) is 4.72 Å². The van der Waals surface area contributed by atoms with Crippen LogP contribution in [0.1, 0.15) is 22.8 Å². The molecule has 3 aromatic rings. The van der Waals surface area contributed by atoms with E-state index in [2.05, 4.69) is 19.9 Å². The number of sulfonamides is 1. The number of nitrogens with zero attached hydrogens (tertiary/aromatic N) is 2. The van der Waals surface area contributed by atoms with Crippen molar-refractivity contribution in [2.75, 3.05) is 11.8 Å². The third kappa shape index (κ3) is 3.17. The fourth-order valence-electron chi connectivity index (χ4n) is 2.85. The molecule has 0 aliphatic carbocycles. The van der Waals surface area contributed by atoms with Crippen LogP contribution in [0.25, 0.3) is 11.5 Å². The molecule has 0 aliphatic rings. The average molecular weight is 376 g/mol. The van der Waals surface area contributed by atoms with Crippen LogP contribution in [-0.2, 0) is 10.0 Å². The maximum absolute atomic E-state index is 13.1. The first kappa shape index (κ1) is 18.0. The summed E-state index contributed by atoms with van der Waals surface area (Å²) in [5.41, 5.74) is 2.73. The molecule has 2 heterocycles. The van der Waals surface area contributed by atoms with E-state index in [1.807, 2.05) is 13.0 Å². The second-order valence-electron chi connectivity index (χ2n) is 6.01. The lowest BCUT2D eigenvalue weighted by atomic mass is 10.2. The van der Waals surface area contributed by atoms with Crippen LogP contribution in [0.4, 0.5) is 5.69 Å². The number of aromatic amines is 1. The van der Waals surface area contributed by atoms with E-state index in [0.29, 0.717) is 34.3 Å². The zero-order chi connectivity index (χ0) is 19.1. The monoisotopic (exact) mass is 376 g/mol. The van der Waals surface area contributed by atoms with E-state index >= 15 is 0 Å². The van der Waals surface area contributed by atoms with Crippen LogP contribution in [0.3, 0.4) is 0 Å². The van der Waals surface area contributed by atoms with Crippen molar-refractivity contribution in [3.63, 3.8) is 0 Å². The number of anilines is 1. The molecule has 1 aromatic carbocycles. The van der Waals surface area contributed by atoms with E-state index in [1.165, 1.54) is 7.11 Å². The molecule has 0 bridgehead atoms. The predicted molar refractivity (Wildman–Crippen MR) is 96.8 cm³/mol. The van der Waals surface area contributed by atoms with Gasteiger partial charge in [0.25, 0.3) is 15.9 Å². The van der Waals surface area contributed by atoms with Crippen LogP contribution in [0.5, 0.6) is 5.75 Å². The quantitative estimate of drug-likeness (QED) is 0.708. The molecule has 138 valence electrons. The number of rotatable bonds is 5. The maximum Gasteiger partial charge on any atom is 0.264 e. The average Bonchev–Trinajstić information content (AvgIpc) is 3.10. The summed E-state index contributed by atoms with van der Waals surface area (Å²) in [5, 5.41) is 7.76. The number of methoxy groups -OCH3 is 1. The lowest BCUT2D eigenvalue weighted by Crippen LogP contribution is -2.15. The molecule has 0 radical (unpaired) electrons. The zero-order valence-corrected chi connectivity index (χ0v) is 16.0. The van der Waals surface area contributed by atoms with E-state index in [1.54, 1.807) is 32.9 Å². The van der Waals surface area contributed by atoms with Gasteiger partial charge in [-0.2, -0.15) is 0 Å². The summed E-state index contributed by atoms with van der Waals surface area (Å²) in [7, 11) is -2.44. The highest BCUT2D eigenvalue weighted by Gasteiger charge is 2.29. The van der Waals surface area contributed by atoms with Gasteiger partial charge in [0.05, 0.1) is 18.4 Å². The van der Waals surface area contributed by atoms with Gasteiger partial charge in [0.1, 0.15) is 10.6 Å². The maximum atomic E-state index is 13.1. The normalized spacial score (nSPS) is 11.6. The first-order valence-corrected chi connectivity index (χ1v) is 9.38. The van der Waals surface area contributed by atoms with Crippen molar-refractivity contribution in [3.8, 4) is 17.2 Å². The molecule has 0 aliphatic heterocycles. The van der Waals surface area contributed by atoms with Gasteiger partial charge < -0.3 is 14.1 Å². The first-order chi connectivity index (χ1) is 12.2. The molecule has 9 heteroatoms. The third-order valence-electron chi connectivity index (χ3n) is 3.93. The molecule has 0 saturated carbocycles. The molecule has 8 nitrogen and oxygen atoms in total. The Bertz CT molecular complexity index is 1070. The molecule has 26 heavy (non-hydrogen) atoms. The first-order valence-electron chi connectivity index (χ1n) is 7.90. The highest BCUT2D eigenvalue weighted by atomic mass is 32.2. The number of hydrogen-bond donors (Lipinski definition) is 2. The molecule has 0 unspecified atom stereocenters. The summed E-state index contributed by atoms with van der Waals surface area (Å²) in [6.07, 6.45) is 0. The highest BCUT2D eigenvalue weighted by molar-refractivity contribution is 7.93. The van der Waals surface area contributed by atoms with Crippen LogP contribution < -0.4 is 9.46 Å². The lowest BCUT2D eigenvalue weighted by Gasteiger charge is -2.13. The van der Waals surface area contributed by atoms with Gasteiger partial charge in [0, 0.05) is 18.3 Å². The molecule has 0 saturated heterocycles. The number of nitrogens with one attached hydrogen (secondary N) is 2. The Morgan fingerprint density at radius 3 is 2.46 bits per heavy atom. The molecule has 0 amide bonds. The van der Waals surface area contributed by atoms with Gasteiger partial charge in [-0.15, -0.1) is 10.2 Å². The standard InChI is InChI=1S/C17H20N4O4S/c1-9-6-7-14(24-5)13(8-9)21-26(22,23)16-11(3)18-10(2)15(16)17-20-19-12(4)25-17/h6-8,18,21H,1-5H3. The van der Waals surface area contributed by atoms with Crippen molar-refractivity contribution in [2.45, 2.75) is 32.6 Å². The minimum absolute atomic E-state index is 0.0715. The molecule has 2 N–H and O–H groups in total. The molecule has 0 spiro atoms. The van der Waals surface area contributed by atoms with E-state index in [9.17, 15) is 8.42 Å². The van der Waals surface area contributed by atoms with Crippen molar-refractivity contribution in [2.24, 2.45) is 0 Å². The number of aryl methyl sites for hydroxylation is 4. The Balaban J connectivity index is 2.13. The Morgan fingerprint density at radius 2 is 1.85 bits per heavy atom. The minimum atomic E-state index is -3.93. The Hall–Kier alpha value is -2.81. The molecular formula is C17H20N4O4S. The number of H-pyrrole nitrogens is 1. The second-order valence-corrected chi connectivity index (χ2v) is 7.63. The Morgan fingerprint density at radius 1 is 1.12 bits per heavy atom. The van der Waals surface area contributed by atoms with E-state index < -0.39 is 10.0 Å². The van der Waals surface area contributed by atoms with Crippen molar-refractivity contribution in [1.29, 1.82) is 0 Å². The number of aromatic nitrogens is 3. The van der Waals surface area contributed by atoms with E-state index in [4.69, 9.17) is 9.15 Å². The Labute approximate surface area is 151 Å². The summed E-state index contributed by atoms with van der Waals surface area (Å²) < 4.78 is 39.6. The summed E-state index contributed by atoms with van der Waals surface area (Å²) in [4.78, 5) is 3.11. The molecule has 0 atom stereocenters. The van der Waals surface area contributed by atoms with Gasteiger partial charge in [-0.05, 0) is 38.5 Å². The summed E-state index contributed by atoms with van der Waals surface area (Å²) in [5.74, 6) is 0.940. The largest absolute Gasteiger partial charge is 0.495 e. The second kappa shape index (κ2) is 6.49. The van der Waals surface area contributed by atoms with E-state index in [0.717, 1.165) is 5.56 Å². The van der Waals surface area contributed by atoms with Crippen LogP contribution >= 0.6 is 0 Å². The highest BCUT2D eigenvalue weighted by Crippen LogP contribution is 2.35. The molecular weight excluding hydrogens is 356 g/mol. The summed E-state index contributed by atoms with van der Waals surface area (Å²) in [6.45, 7) is 6.96. The summed E-state index contributed by atoms with van der Waals surface area (Å²) >= 11 is 0. The zero-order valence-electron chi connectivity index (χ0n) is 15.2. The third-order valence-corrected chi connectivity index (χ3v) is 5.46. The fourth-order valence-corrected chi connectivity index (χ4v) is 4.36. The minimum Gasteiger partial charge on any atom is -0.495 e. The van der Waals surface area contributed by atoms with Crippen molar-refractivity contribution in [1.82, 2.24) is 15.2 Å². The van der Waals surface area contributed by atoms with Crippen molar-refractivity contribution < 1.29 is 17.6 Å². The van der Waals surface area contributed by atoms with Gasteiger partial charge in [0.15, 0.2) is 0 Å². The summed E-state index contributed by atoms with van der Waals surface area (Å²) in [6, 6.07) is 5.27. The van der Waals surface area contributed by atoms with E-state index in [-0.39, 0.29) is 10.8 Å². The topological polar surface area (TPSA) is 110 Å². The number of ether oxygens (including phenoxy) is 1. The van der Waals surface area contributed by atoms with Gasteiger partial charge in [-0.25, -0.2) is 8.42 Å². The number of benzene rings is 1. The SMILES string of the molecule is COc1ccc(C)cc1NS(=O)(=O)c1c(C)[nH]c(C)c1-c1nnc(C)o1. The predicted octanol–water partition coefficient (Wildman–Crippen LogP) is 3.11. The fraction of sp³-hybridized carbons (Fsp3) is 0.294. The van der Waals surface area contributed by atoms with Crippen LogP contribution in [0.2, 0.25) is 0 Å². The van der Waals surface area contributed by atoms with Crippen LogP contribution in [0, 0.1) is 27.7 Å². The van der Waals surface area contributed by atoms with Crippen molar-refractivity contribution in [3.05, 3.63) is 41.0 Å². The van der Waals surface area contributed by atoms with Gasteiger partial charge in [0.2, 0.25) is 5.89 Å². The van der Waals surface area contributed by atoms with Crippen LogP contribution in [0.15, 0.2) is 27.5 Å². The van der Waals surface area contributed by atoms with Crippen molar-refractivity contribution >= 4 is 15.7 Å². The Kier molecular flexibility index (Phi) is 4.49. The van der Waals surface area contributed by atoms with Crippen LogP contribution in [-0.4, -0.2) is 30.7 Å². The molecule has 3 rings (SSSR count). The van der Waals surface area contributed by atoms with Gasteiger partial charge in [-0.1, -0.05) is 6.07 Å². The number of hydrogen-bond acceptors (Lipinski definition) is 6. The molecule has 0 fully saturated rings. The lowest BCUT2D eigenvalue weighted by molar-refractivity contribution is 0.417. The smallest absolute Gasteiger partial charge is 0.264 e.